The summed E-state index contributed by atoms with van der Waals surface area (Å²) in [7, 11) is 0. The molecule has 5 heteroatoms. The van der Waals surface area contributed by atoms with Crippen molar-refractivity contribution in [2.45, 2.75) is 26.7 Å². The molecule has 1 aliphatic heterocycles. The van der Waals surface area contributed by atoms with Crippen LogP contribution in [0.15, 0.2) is 24.3 Å². The minimum Gasteiger partial charge on any atom is -0.450 e. The standard InChI is InChI=1S/C16H20FNO3/c1-3-21-15(20)18-10-8-16(2,9-11-18)14(19)12-4-6-13(17)7-5-12/h4-7H,3,8-11H2,1-2H3. The number of piperidine rings is 1. The average Bonchev–Trinajstić information content (AvgIpc) is 2.48. The molecule has 0 saturated carbocycles. The number of hydrogen-bond donors (Lipinski definition) is 0. The maximum Gasteiger partial charge on any atom is 0.409 e. The normalized spacial score (nSPS) is 17.4. The van der Waals surface area contributed by atoms with E-state index in [1.54, 1.807) is 11.8 Å². The Labute approximate surface area is 123 Å². The molecule has 1 aliphatic rings. The van der Waals surface area contributed by atoms with Crippen molar-refractivity contribution in [2.24, 2.45) is 5.41 Å². The highest BCUT2D eigenvalue weighted by Crippen LogP contribution is 2.34. The number of hydrogen-bond acceptors (Lipinski definition) is 3. The van der Waals surface area contributed by atoms with E-state index >= 15 is 0 Å². The molecule has 0 aromatic heterocycles. The lowest BCUT2D eigenvalue weighted by Gasteiger charge is -2.37. The molecule has 0 radical (unpaired) electrons. The second kappa shape index (κ2) is 6.24. The van der Waals surface area contributed by atoms with Crippen LogP contribution in [-0.2, 0) is 4.74 Å². The van der Waals surface area contributed by atoms with E-state index in [0.29, 0.717) is 38.1 Å². The molecule has 0 unspecified atom stereocenters. The summed E-state index contributed by atoms with van der Waals surface area (Å²) in [5.41, 5.74) is 0.00404. The Kier molecular flexibility index (Phi) is 4.60. The van der Waals surface area contributed by atoms with E-state index in [1.807, 2.05) is 6.92 Å². The van der Waals surface area contributed by atoms with Crippen LogP contribution in [0.1, 0.15) is 37.0 Å². The molecule has 1 aromatic rings. The molecule has 1 amide bonds. The SMILES string of the molecule is CCOC(=O)N1CCC(C)(C(=O)c2ccc(F)cc2)CC1. The summed E-state index contributed by atoms with van der Waals surface area (Å²) in [6.45, 7) is 5.02. The number of ketones is 1. The van der Waals surface area contributed by atoms with E-state index in [2.05, 4.69) is 0 Å². The van der Waals surface area contributed by atoms with Gasteiger partial charge in [0.15, 0.2) is 5.78 Å². The minimum absolute atomic E-state index is 0.00556. The molecule has 114 valence electrons. The number of ether oxygens (including phenoxy) is 1. The predicted molar refractivity (Wildman–Crippen MR) is 76.7 cm³/mol. The number of likely N-dealkylation sites (tertiary alicyclic amines) is 1. The van der Waals surface area contributed by atoms with Gasteiger partial charge in [-0.05, 0) is 44.0 Å². The van der Waals surface area contributed by atoms with Crippen molar-refractivity contribution in [1.29, 1.82) is 0 Å². The topological polar surface area (TPSA) is 46.6 Å². The highest BCUT2D eigenvalue weighted by molar-refractivity contribution is 6.00. The number of halogens is 1. The maximum atomic E-state index is 12.9. The van der Waals surface area contributed by atoms with Gasteiger partial charge in [-0.25, -0.2) is 9.18 Å². The average molecular weight is 293 g/mol. The number of amides is 1. The summed E-state index contributed by atoms with van der Waals surface area (Å²) in [5, 5.41) is 0. The van der Waals surface area contributed by atoms with Gasteiger partial charge in [-0.15, -0.1) is 0 Å². The van der Waals surface area contributed by atoms with Crippen LogP contribution in [0.4, 0.5) is 9.18 Å². The molecular weight excluding hydrogens is 273 g/mol. The molecule has 1 saturated heterocycles. The second-order valence-corrected chi connectivity index (χ2v) is 5.58. The van der Waals surface area contributed by atoms with Crippen LogP contribution in [-0.4, -0.2) is 36.5 Å². The Hall–Kier alpha value is -1.91. The molecule has 0 N–H and O–H groups in total. The smallest absolute Gasteiger partial charge is 0.409 e. The Bertz CT molecular complexity index is 519. The molecule has 0 bridgehead atoms. The van der Waals surface area contributed by atoms with Crippen LogP contribution >= 0.6 is 0 Å². The lowest BCUT2D eigenvalue weighted by Crippen LogP contribution is -2.45. The van der Waals surface area contributed by atoms with Crippen molar-refractivity contribution >= 4 is 11.9 Å². The molecule has 21 heavy (non-hydrogen) atoms. The molecule has 1 aromatic carbocycles. The summed E-state index contributed by atoms with van der Waals surface area (Å²) in [6.07, 6.45) is 0.845. The Balaban J connectivity index is 2.03. The molecular formula is C16H20FNO3. The summed E-state index contributed by atoms with van der Waals surface area (Å²) in [6, 6.07) is 5.62. The van der Waals surface area contributed by atoms with Crippen LogP contribution < -0.4 is 0 Å². The highest BCUT2D eigenvalue weighted by atomic mass is 19.1. The first kappa shape index (κ1) is 15.5. The van der Waals surface area contributed by atoms with E-state index in [-0.39, 0.29) is 17.7 Å². The van der Waals surface area contributed by atoms with Crippen molar-refractivity contribution in [2.75, 3.05) is 19.7 Å². The van der Waals surface area contributed by atoms with Gasteiger partial charge in [0.2, 0.25) is 0 Å². The maximum absolute atomic E-state index is 12.9. The van der Waals surface area contributed by atoms with Crippen LogP contribution in [0.3, 0.4) is 0 Å². The van der Waals surface area contributed by atoms with Gasteiger partial charge in [0.25, 0.3) is 0 Å². The molecule has 2 rings (SSSR count). The van der Waals surface area contributed by atoms with Gasteiger partial charge in [0.1, 0.15) is 5.82 Å². The number of carbonyl (C=O) groups excluding carboxylic acids is 2. The van der Waals surface area contributed by atoms with Crippen molar-refractivity contribution in [3.05, 3.63) is 35.6 Å². The Morgan fingerprint density at radius 2 is 1.81 bits per heavy atom. The zero-order chi connectivity index (χ0) is 15.5. The van der Waals surface area contributed by atoms with Gasteiger partial charge in [-0.2, -0.15) is 0 Å². The van der Waals surface area contributed by atoms with Gasteiger partial charge in [-0.3, -0.25) is 4.79 Å². The third-order valence-electron chi connectivity index (χ3n) is 4.05. The molecule has 0 atom stereocenters. The molecule has 1 fully saturated rings. The fourth-order valence-corrected chi connectivity index (χ4v) is 2.57. The monoisotopic (exact) mass is 293 g/mol. The fourth-order valence-electron chi connectivity index (χ4n) is 2.57. The summed E-state index contributed by atoms with van der Waals surface area (Å²) in [5.74, 6) is -0.347. The second-order valence-electron chi connectivity index (χ2n) is 5.58. The molecule has 0 spiro atoms. The largest absolute Gasteiger partial charge is 0.450 e. The Morgan fingerprint density at radius 3 is 2.33 bits per heavy atom. The number of carbonyl (C=O) groups is 2. The zero-order valence-electron chi connectivity index (χ0n) is 12.4. The first-order valence-electron chi connectivity index (χ1n) is 7.18. The van der Waals surface area contributed by atoms with E-state index < -0.39 is 5.41 Å². The van der Waals surface area contributed by atoms with Gasteiger partial charge in [0, 0.05) is 24.1 Å². The Morgan fingerprint density at radius 1 is 1.24 bits per heavy atom. The zero-order valence-corrected chi connectivity index (χ0v) is 12.4. The molecule has 1 heterocycles. The number of rotatable bonds is 3. The van der Waals surface area contributed by atoms with Gasteiger partial charge in [0.05, 0.1) is 6.61 Å². The van der Waals surface area contributed by atoms with E-state index in [9.17, 15) is 14.0 Å². The first-order valence-corrected chi connectivity index (χ1v) is 7.18. The number of benzene rings is 1. The van der Waals surface area contributed by atoms with Gasteiger partial charge >= 0.3 is 6.09 Å². The van der Waals surface area contributed by atoms with Gasteiger partial charge in [-0.1, -0.05) is 6.92 Å². The van der Waals surface area contributed by atoms with Crippen LogP contribution in [0.5, 0.6) is 0 Å². The quantitative estimate of drug-likeness (QED) is 0.804. The van der Waals surface area contributed by atoms with E-state index in [1.165, 1.54) is 24.3 Å². The minimum atomic E-state index is -0.513. The van der Waals surface area contributed by atoms with Crippen LogP contribution in [0, 0.1) is 11.2 Å². The van der Waals surface area contributed by atoms with Crippen LogP contribution in [0.2, 0.25) is 0 Å². The van der Waals surface area contributed by atoms with Crippen molar-refractivity contribution in [1.82, 2.24) is 4.90 Å². The number of Topliss-reactive ketones (excluding diaryl/α,β-unsaturated/α-hetero) is 1. The van der Waals surface area contributed by atoms with Crippen molar-refractivity contribution in [3.8, 4) is 0 Å². The predicted octanol–water partition coefficient (Wildman–Crippen LogP) is 3.27. The van der Waals surface area contributed by atoms with Crippen molar-refractivity contribution < 1.29 is 18.7 Å². The molecule has 4 nitrogen and oxygen atoms in total. The lowest BCUT2D eigenvalue weighted by atomic mass is 9.74. The number of nitrogens with zero attached hydrogens (tertiary/aromatic N) is 1. The fraction of sp³-hybridized carbons (Fsp3) is 0.500. The van der Waals surface area contributed by atoms with Crippen LogP contribution in [0.25, 0.3) is 0 Å². The lowest BCUT2D eigenvalue weighted by molar-refractivity contribution is 0.0565. The summed E-state index contributed by atoms with van der Waals surface area (Å²) >= 11 is 0. The van der Waals surface area contributed by atoms with E-state index in [0.717, 1.165) is 0 Å². The third-order valence-corrected chi connectivity index (χ3v) is 4.05. The first-order chi connectivity index (χ1) is 9.96. The van der Waals surface area contributed by atoms with Crippen molar-refractivity contribution in [3.63, 3.8) is 0 Å². The summed E-state index contributed by atoms with van der Waals surface area (Å²) in [4.78, 5) is 25.9. The highest BCUT2D eigenvalue weighted by Gasteiger charge is 2.38. The summed E-state index contributed by atoms with van der Waals surface area (Å²) < 4.78 is 17.9. The molecule has 0 aliphatic carbocycles. The third kappa shape index (κ3) is 3.40. The van der Waals surface area contributed by atoms with Gasteiger partial charge < -0.3 is 9.64 Å². The van der Waals surface area contributed by atoms with E-state index in [4.69, 9.17) is 4.74 Å².